The second-order valence-corrected chi connectivity index (χ2v) is 8.89. The summed E-state index contributed by atoms with van der Waals surface area (Å²) in [7, 11) is 0. The predicted octanol–water partition coefficient (Wildman–Crippen LogP) is 7.76. The van der Waals surface area contributed by atoms with E-state index in [1.165, 1.54) is 0 Å². The Hall–Kier alpha value is -2.93. The average Bonchev–Trinajstić information content (AvgIpc) is 2.85. The maximum Gasteiger partial charge on any atom is 0.128 e. The SMILES string of the molecule is O=CCc1ccc(Oc2ccccc2)cc1Br.OCCc1ccc(Oc2ccccc2)cc1Br. The maximum atomic E-state index is 10.5. The van der Waals surface area contributed by atoms with E-state index in [1.807, 2.05) is 97.1 Å². The first kappa shape index (κ1) is 25.7. The van der Waals surface area contributed by atoms with Crippen LogP contribution in [0.2, 0.25) is 0 Å². The number of aldehydes is 1. The van der Waals surface area contributed by atoms with Crippen LogP contribution in [0.3, 0.4) is 0 Å². The molecule has 0 heterocycles. The van der Waals surface area contributed by atoms with Crippen molar-refractivity contribution < 1.29 is 19.4 Å². The smallest absolute Gasteiger partial charge is 0.128 e. The molecule has 0 aromatic heterocycles. The third kappa shape index (κ3) is 8.13. The molecular formula is C28H24Br2O4. The molecule has 0 saturated carbocycles. The van der Waals surface area contributed by atoms with E-state index in [-0.39, 0.29) is 6.61 Å². The molecule has 0 radical (unpaired) electrons. The minimum atomic E-state index is 0.150. The Balaban J connectivity index is 0.000000191. The lowest BCUT2D eigenvalue weighted by molar-refractivity contribution is -0.107. The molecule has 0 fully saturated rings. The van der Waals surface area contributed by atoms with E-state index in [0.29, 0.717) is 12.8 Å². The highest BCUT2D eigenvalue weighted by atomic mass is 79.9. The summed E-state index contributed by atoms with van der Waals surface area (Å²) in [5, 5.41) is 8.90. The molecule has 1 N–H and O–H groups in total. The van der Waals surface area contributed by atoms with E-state index in [4.69, 9.17) is 14.6 Å². The van der Waals surface area contributed by atoms with E-state index in [1.54, 1.807) is 0 Å². The topological polar surface area (TPSA) is 55.8 Å². The van der Waals surface area contributed by atoms with Crippen LogP contribution in [0.25, 0.3) is 0 Å². The van der Waals surface area contributed by atoms with Gasteiger partial charge in [-0.15, -0.1) is 0 Å². The molecule has 4 aromatic rings. The van der Waals surface area contributed by atoms with E-state index in [0.717, 1.165) is 49.4 Å². The van der Waals surface area contributed by atoms with Crippen molar-refractivity contribution in [2.75, 3.05) is 6.61 Å². The second kappa shape index (κ2) is 13.7. The number of hydrogen-bond donors (Lipinski definition) is 1. The Morgan fingerprint density at radius 3 is 1.53 bits per heavy atom. The maximum absolute atomic E-state index is 10.5. The zero-order valence-corrected chi connectivity index (χ0v) is 21.5. The van der Waals surface area contributed by atoms with Crippen molar-refractivity contribution >= 4 is 38.1 Å². The summed E-state index contributed by atoms with van der Waals surface area (Å²) in [5.41, 5.74) is 2.04. The molecule has 0 atom stereocenters. The van der Waals surface area contributed by atoms with Gasteiger partial charge in [0, 0.05) is 22.0 Å². The first-order valence-electron chi connectivity index (χ1n) is 10.7. The lowest BCUT2D eigenvalue weighted by Crippen LogP contribution is -1.92. The lowest BCUT2D eigenvalue weighted by Gasteiger charge is -2.08. The molecule has 4 aromatic carbocycles. The van der Waals surface area contributed by atoms with Gasteiger partial charge in [0.1, 0.15) is 29.3 Å². The van der Waals surface area contributed by atoms with Gasteiger partial charge >= 0.3 is 0 Å². The van der Waals surface area contributed by atoms with Crippen LogP contribution in [0.15, 0.2) is 106 Å². The largest absolute Gasteiger partial charge is 0.457 e. The van der Waals surface area contributed by atoms with Crippen LogP contribution in [-0.2, 0) is 17.6 Å². The Morgan fingerprint density at radius 1 is 0.647 bits per heavy atom. The molecule has 0 bridgehead atoms. The fraction of sp³-hybridized carbons (Fsp3) is 0.107. The van der Waals surface area contributed by atoms with E-state index >= 15 is 0 Å². The van der Waals surface area contributed by atoms with Crippen molar-refractivity contribution in [2.24, 2.45) is 0 Å². The summed E-state index contributed by atoms with van der Waals surface area (Å²) in [6.07, 6.45) is 1.94. The average molecular weight is 584 g/mol. The minimum Gasteiger partial charge on any atom is -0.457 e. The molecule has 4 nitrogen and oxygen atoms in total. The zero-order valence-electron chi connectivity index (χ0n) is 18.4. The summed E-state index contributed by atoms with van der Waals surface area (Å²) < 4.78 is 13.2. The van der Waals surface area contributed by atoms with Gasteiger partial charge in [-0.25, -0.2) is 0 Å². The van der Waals surface area contributed by atoms with Gasteiger partial charge in [0.15, 0.2) is 0 Å². The summed E-state index contributed by atoms with van der Waals surface area (Å²) in [4.78, 5) is 10.5. The standard InChI is InChI=1S/C14H13BrO2.C14H11BrO2/c2*15-14-10-13(7-6-11(14)8-9-16)17-12-4-2-1-3-5-12/h1-7,10,16H,8-9H2;1-7,9-10H,8H2. The number of aliphatic hydroxyl groups is 1. The number of aliphatic hydroxyl groups excluding tert-OH is 1. The predicted molar refractivity (Wildman–Crippen MR) is 142 cm³/mol. The van der Waals surface area contributed by atoms with Gasteiger partial charge in [0.05, 0.1) is 0 Å². The fourth-order valence-electron chi connectivity index (χ4n) is 3.01. The van der Waals surface area contributed by atoms with Crippen molar-refractivity contribution in [2.45, 2.75) is 12.8 Å². The Kier molecular flexibility index (Phi) is 10.3. The Morgan fingerprint density at radius 2 is 1.12 bits per heavy atom. The molecule has 34 heavy (non-hydrogen) atoms. The third-order valence-corrected chi connectivity index (χ3v) is 6.17. The van der Waals surface area contributed by atoms with Gasteiger partial charge in [-0.2, -0.15) is 0 Å². The summed E-state index contributed by atoms with van der Waals surface area (Å²) in [6.45, 7) is 0.150. The Bertz CT molecular complexity index is 1180. The number of carbonyl (C=O) groups excluding carboxylic acids is 1. The van der Waals surface area contributed by atoms with Gasteiger partial charge in [-0.3, -0.25) is 0 Å². The minimum absolute atomic E-state index is 0.150. The second-order valence-electron chi connectivity index (χ2n) is 7.18. The van der Waals surface area contributed by atoms with Crippen LogP contribution < -0.4 is 9.47 Å². The van der Waals surface area contributed by atoms with Gasteiger partial charge in [-0.1, -0.05) is 80.4 Å². The number of benzene rings is 4. The number of carbonyl (C=O) groups is 1. The van der Waals surface area contributed by atoms with Crippen molar-refractivity contribution in [1.82, 2.24) is 0 Å². The van der Waals surface area contributed by atoms with Crippen LogP contribution in [0, 0.1) is 0 Å². The third-order valence-electron chi connectivity index (χ3n) is 4.69. The molecule has 174 valence electrons. The Labute approximate surface area is 216 Å². The zero-order chi connectivity index (χ0) is 24.2. The molecule has 6 heteroatoms. The van der Waals surface area contributed by atoms with Crippen molar-refractivity contribution in [3.8, 4) is 23.0 Å². The van der Waals surface area contributed by atoms with Crippen molar-refractivity contribution in [3.63, 3.8) is 0 Å². The summed E-state index contributed by atoms with van der Waals surface area (Å²) in [6, 6.07) is 30.6. The number of rotatable bonds is 8. The van der Waals surface area contributed by atoms with Gasteiger partial charge in [-0.05, 0) is 66.1 Å². The van der Waals surface area contributed by atoms with Gasteiger partial charge in [0.25, 0.3) is 0 Å². The van der Waals surface area contributed by atoms with E-state index < -0.39 is 0 Å². The molecule has 0 aliphatic rings. The van der Waals surface area contributed by atoms with Crippen LogP contribution >= 0.6 is 31.9 Å². The van der Waals surface area contributed by atoms with Crippen molar-refractivity contribution in [3.05, 3.63) is 117 Å². The highest BCUT2D eigenvalue weighted by Gasteiger charge is 2.04. The molecule has 0 unspecified atom stereocenters. The number of para-hydroxylation sites is 2. The van der Waals surface area contributed by atoms with Gasteiger partial charge in [0.2, 0.25) is 0 Å². The first-order valence-corrected chi connectivity index (χ1v) is 12.2. The van der Waals surface area contributed by atoms with Crippen LogP contribution in [0.1, 0.15) is 11.1 Å². The molecular weight excluding hydrogens is 560 g/mol. The molecule has 0 aliphatic carbocycles. The van der Waals surface area contributed by atoms with Crippen LogP contribution in [0.5, 0.6) is 23.0 Å². The monoisotopic (exact) mass is 582 g/mol. The molecule has 4 rings (SSSR count). The number of hydrogen-bond acceptors (Lipinski definition) is 4. The van der Waals surface area contributed by atoms with Crippen molar-refractivity contribution in [1.29, 1.82) is 0 Å². The highest BCUT2D eigenvalue weighted by Crippen LogP contribution is 2.28. The van der Waals surface area contributed by atoms with E-state index in [9.17, 15) is 4.79 Å². The quantitative estimate of drug-likeness (QED) is 0.215. The molecule has 0 aliphatic heterocycles. The summed E-state index contributed by atoms with van der Waals surface area (Å²) >= 11 is 6.89. The van der Waals surface area contributed by atoms with Gasteiger partial charge < -0.3 is 19.4 Å². The normalized spacial score (nSPS) is 10.1. The highest BCUT2D eigenvalue weighted by molar-refractivity contribution is 9.10. The molecule has 0 spiro atoms. The van der Waals surface area contributed by atoms with E-state index in [2.05, 4.69) is 31.9 Å². The molecule has 0 saturated heterocycles. The number of halogens is 2. The lowest BCUT2D eigenvalue weighted by atomic mass is 10.1. The fourth-order valence-corrected chi connectivity index (χ4v) is 4.09. The van der Waals surface area contributed by atoms with Crippen LogP contribution in [-0.4, -0.2) is 18.0 Å². The number of ether oxygens (including phenoxy) is 2. The van der Waals surface area contributed by atoms with Crippen LogP contribution in [0.4, 0.5) is 0 Å². The summed E-state index contributed by atoms with van der Waals surface area (Å²) in [5.74, 6) is 3.14. The molecule has 0 amide bonds. The first-order chi connectivity index (χ1) is 16.6.